The molecule has 1 aliphatic heterocycles. The molecule has 2 aliphatic rings. The zero-order valence-electron chi connectivity index (χ0n) is 26.4. The molecule has 1 spiro atoms. The van der Waals surface area contributed by atoms with Crippen molar-refractivity contribution >= 4 is 28.6 Å². The van der Waals surface area contributed by atoms with Gasteiger partial charge in [0.2, 0.25) is 5.91 Å². The van der Waals surface area contributed by atoms with Crippen molar-refractivity contribution in [1.29, 1.82) is 0 Å². The third-order valence-corrected chi connectivity index (χ3v) is 8.87. The van der Waals surface area contributed by atoms with E-state index in [-0.39, 0.29) is 23.3 Å². The van der Waals surface area contributed by atoms with E-state index in [9.17, 15) is 22.8 Å². The second-order valence-electron chi connectivity index (χ2n) is 12.1. The number of nitrogens with zero attached hydrogens (tertiary/aromatic N) is 2. The van der Waals surface area contributed by atoms with Gasteiger partial charge in [-0.3, -0.25) is 14.6 Å². The predicted octanol–water partition coefficient (Wildman–Crippen LogP) is 6.05. The van der Waals surface area contributed by atoms with E-state index >= 15 is 0 Å². The van der Waals surface area contributed by atoms with E-state index in [1.54, 1.807) is 7.11 Å². The number of pyridine rings is 1. The molecule has 2 aromatic heterocycles. The number of ether oxygens (including phenoxy) is 1. The Hall–Kier alpha value is -4.00. The minimum Gasteiger partial charge on any atom is -0.496 e. The van der Waals surface area contributed by atoms with Gasteiger partial charge in [-0.15, -0.1) is 0 Å². The zero-order valence-corrected chi connectivity index (χ0v) is 26.4. The van der Waals surface area contributed by atoms with Crippen LogP contribution in [0, 0.1) is 18.3 Å². The number of nitrogens with one attached hydrogen (secondary N) is 3. The number of amides is 1. The number of fused-ring (bicyclic) bond motifs is 1. The van der Waals surface area contributed by atoms with Crippen LogP contribution < -0.4 is 15.4 Å². The number of rotatable bonds is 12. The van der Waals surface area contributed by atoms with Gasteiger partial charge in [0, 0.05) is 41.5 Å². The van der Waals surface area contributed by atoms with Crippen LogP contribution in [0.25, 0.3) is 22.2 Å². The van der Waals surface area contributed by atoms with Crippen LogP contribution >= 0.6 is 0 Å². The molecule has 1 aromatic carbocycles. The van der Waals surface area contributed by atoms with Crippen molar-refractivity contribution in [3.05, 3.63) is 42.0 Å². The topological polar surface area (TPSA) is 146 Å². The fourth-order valence-electron chi connectivity index (χ4n) is 6.05. The normalized spacial score (nSPS) is 17.6. The molecule has 0 unspecified atom stereocenters. The molecule has 0 radical (unpaired) electrons. The van der Waals surface area contributed by atoms with Gasteiger partial charge in [0.15, 0.2) is 0 Å². The molecule has 250 valence electrons. The zero-order chi connectivity index (χ0) is 33.5. The molecule has 1 saturated carbocycles. The van der Waals surface area contributed by atoms with Gasteiger partial charge in [-0.05, 0) is 69.7 Å². The van der Waals surface area contributed by atoms with Crippen molar-refractivity contribution in [2.24, 2.45) is 11.3 Å². The number of unbranched alkanes of at least 4 members (excludes halogenated alkanes) is 2. The lowest BCUT2D eigenvalue weighted by Gasteiger charge is -2.24. The molecule has 10 nitrogen and oxygen atoms in total. The van der Waals surface area contributed by atoms with Gasteiger partial charge in [-0.25, -0.2) is 9.78 Å². The second kappa shape index (κ2) is 15.1. The van der Waals surface area contributed by atoms with Crippen molar-refractivity contribution in [2.45, 2.75) is 83.9 Å². The first kappa shape index (κ1) is 34.9. The van der Waals surface area contributed by atoms with Crippen LogP contribution in [-0.2, 0) is 14.4 Å². The number of aromatic nitrogens is 3. The number of aryl methyl sites for hydroxylation is 1. The molecule has 4 N–H and O–H groups in total. The molecule has 3 aromatic rings. The Kier molecular flexibility index (Phi) is 11.4. The average Bonchev–Trinajstić information content (AvgIpc) is 3.48. The molecule has 13 heteroatoms. The average molecular weight is 646 g/mol. The molecule has 46 heavy (non-hydrogen) atoms. The highest BCUT2D eigenvalue weighted by molar-refractivity contribution is 5.87. The molecular formula is C33H42F3N5O5. The van der Waals surface area contributed by atoms with Gasteiger partial charge in [0.05, 0.1) is 30.6 Å². The SMILES string of the molecule is CCC(=O)CCCCC[C@H](NC(=O)[C@H]1CC12CCNCC2)c1ncc(-c2cc3ccc(C)nc3cc2OC)[nH]1.O=C(O)C(F)(F)F. The molecule has 1 aliphatic carbocycles. The number of carboxylic acids is 1. The number of carboxylic acid groups (broad SMARTS) is 1. The number of methoxy groups -OCH3 is 1. The monoisotopic (exact) mass is 645 g/mol. The number of ketones is 1. The van der Waals surface area contributed by atoms with Crippen molar-refractivity contribution in [1.82, 2.24) is 25.6 Å². The number of imidazole rings is 1. The van der Waals surface area contributed by atoms with E-state index in [4.69, 9.17) is 19.6 Å². The molecule has 5 rings (SSSR count). The smallest absolute Gasteiger partial charge is 0.490 e. The van der Waals surface area contributed by atoms with Crippen LogP contribution in [0.2, 0.25) is 0 Å². The number of hydrogen-bond donors (Lipinski definition) is 4. The number of benzene rings is 1. The molecule has 0 bridgehead atoms. The maximum absolute atomic E-state index is 13.4. The highest BCUT2D eigenvalue weighted by atomic mass is 19.4. The quantitative estimate of drug-likeness (QED) is 0.174. The second-order valence-corrected chi connectivity index (χ2v) is 12.1. The van der Waals surface area contributed by atoms with E-state index in [0.29, 0.717) is 18.6 Å². The number of carbonyl (C=O) groups excluding carboxylic acids is 2. The standard InChI is InChI=1S/C31H41N5O3.C2HF3O2/c1-4-22(37)8-6-5-7-9-25(36-30(38)24-18-31(24)12-14-32-15-13-31)29-33-19-27(35-29)23-16-21-11-10-20(2)34-26(21)17-28(23)39-3;3-2(4,5)1(6)7/h10-11,16-17,19,24-25,32H,4-9,12-15,18H2,1-3H3,(H,33,35)(H,36,38);(H,6,7)/t24-,25+;/m1./s1. The van der Waals surface area contributed by atoms with Crippen molar-refractivity contribution in [3.8, 4) is 17.0 Å². The molecule has 2 fully saturated rings. The van der Waals surface area contributed by atoms with Crippen LogP contribution in [0.4, 0.5) is 13.2 Å². The number of carbonyl (C=O) groups is 3. The number of H-pyrrole nitrogens is 1. The Balaban J connectivity index is 0.000000617. The Morgan fingerprint density at radius 3 is 2.52 bits per heavy atom. The summed E-state index contributed by atoms with van der Waals surface area (Å²) in [5.41, 5.74) is 3.78. The summed E-state index contributed by atoms with van der Waals surface area (Å²) in [6.45, 7) is 5.88. The first-order valence-electron chi connectivity index (χ1n) is 15.7. The van der Waals surface area contributed by atoms with Gasteiger partial charge in [0.25, 0.3) is 0 Å². The third kappa shape index (κ3) is 8.83. The fraction of sp³-hybridized carbons (Fsp3) is 0.545. The number of aromatic amines is 1. The molecule has 3 heterocycles. The lowest BCUT2D eigenvalue weighted by atomic mass is 9.91. The minimum absolute atomic E-state index is 0.0928. The highest BCUT2D eigenvalue weighted by Gasteiger charge is 2.57. The van der Waals surface area contributed by atoms with Crippen molar-refractivity contribution in [2.75, 3.05) is 20.2 Å². The summed E-state index contributed by atoms with van der Waals surface area (Å²) in [5, 5.41) is 14.9. The lowest BCUT2D eigenvalue weighted by molar-refractivity contribution is -0.192. The van der Waals surface area contributed by atoms with Gasteiger partial charge < -0.3 is 25.5 Å². The van der Waals surface area contributed by atoms with Gasteiger partial charge in [0.1, 0.15) is 17.4 Å². The van der Waals surface area contributed by atoms with E-state index in [1.807, 2.05) is 32.2 Å². The van der Waals surface area contributed by atoms with Gasteiger partial charge in [-0.2, -0.15) is 13.2 Å². The summed E-state index contributed by atoms with van der Waals surface area (Å²) in [7, 11) is 1.66. The first-order valence-corrected chi connectivity index (χ1v) is 15.7. The van der Waals surface area contributed by atoms with Crippen LogP contribution in [0.15, 0.2) is 30.5 Å². The number of Topliss-reactive ketones (excluding diaryl/α,β-unsaturated/α-hetero) is 1. The van der Waals surface area contributed by atoms with Crippen LogP contribution in [0.3, 0.4) is 0 Å². The van der Waals surface area contributed by atoms with Gasteiger partial charge >= 0.3 is 12.1 Å². The maximum atomic E-state index is 13.4. The number of piperidine rings is 1. The predicted molar refractivity (Wildman–Crippen MR) is 166 cm³/mol. The number of halogens is 3. The minimum atomic E-state index is -5.08. The van der Waals surface area contributed by atoms with E-state index in [0.717, 1.165) is 97.5 Å². The maximum Gasteiger partial charge on any atom is 0.490 e. The van der Waals surface area contributed by atoms with Crippen LogP contribution in [-0.4, -0.2) is 64.1 Å². The van der Waals surface area contributed by atoms with Crippen LogP contribution in [0.1, 0.15) is 82.3 Å². The Morgan fingerprint density at radius 2 is 1.87 bits per heavy atom. The highest BCUT2D eigenvalue weighted by Crippen LogP contribution is 2.58. The molecule has 2 atom stereocenters. The first-order chi connectivity index (χ1) is 21.9. The Bertz CT molecular complexity index is 1530. The molecule has 1 amide bonds. The lowest BCUT2D eigenvalue weighted by Crippen LogP contribution is -2.35. The fourth-order valence-corrected chi connectivity index (χ4v) is 6.05. The van der Waals surface area contributed by atoms with Crippen molar-refractivity contribution in [3.63, 3.8) is 0 Å². The summed E-state index contributed by atoms with van der Waals surface area (Å²) < 4.78 is 37.5. The Morgan fingerprint density at radius 1 is 1.15 bits per heavy atom. The number of hydrogen-bond acceptors (Lipinski definition) is 7. The summed E-state index contributed by atoms with van der Waals surface area (Å²) >= 11 is 0. The largest absolute Gasteiger partial charge is 0.496 e. The molecule has 1 saturated heterocycles. The summed E-state index contributed by atoms with van der Waals surface area (Å²) in [5.74, 6) is -0.727. The van der Waals surface area contributed by atoms with E-state index in [2.05, 4.69) is 32.7 Å². The number of aliphatic carboxylic acids is 1. The molecular weight excluding hydrogens is 603 g/mol. The summed E-state index contributed by atoms with van der Waals surface area (Å²) in [6.07, 6.45) is 4.63. The van der Waals surface area contributed by atoms with E-state index in [1.165, 1.54) is 0 Å². The van der Waals surface area contributed by atoms with Crippen LogP contribution in [0.5, 0.6) is 5.75 Å². The summed E-state index contributed by atoms with van der Waals surface area (Å²) in [6, 6.07) is 7.89. The van der Waals surface area contributed by atoms with E-state index < -0.39 is 12.1 Å². The number of alkyl halides is 3. The van der Waals surface area contributed by atoms with Gasteiger partial charge in [-0.1, -0.05) is 25.8 Å². The summed E-state index contributed by atoms with van der Waals surface area (Å²) in [4.78, 5) is 46.8. The third-order valence-electron chi connectivity index (χ3n) is 8.87. The van der Waals surface area contributed by atoms with Crippen molar-refractivity contribution < 1.29 is 37.4 Å². The Labute approximate surface area is 265 Å².